The number of halogens is 1. The molecule has 4 heteroatoms. The maximum Gasteiger partial charge on any atom is 0.123 e. The van der Waals surface area contributed by atoms with Crippen LogP contribution in [0.25, 0.3) is 0 Å². The maximum absolute atomic E-state index is 12.6. The third kappa shape index (κ3) is 3.72. The van der Waals surface area contributed by atoms with Crippen molar-refractivity contribution in [1.29, 1.82) is 0 Å². The smallest absolute Gasteiger partial charge is 0.123 e. The average molecular weight is 229 g/mol. The molecule has 2 N–H and O–H groups in total. The first-order valence-corrected chi connectivity index (χ1v) is 6.22. The standard InChI is InChI=1S/C11H16FNOS/c1-8(2)11(13)7-15(14)10-5-3-9(12)4-6-10/h3-6,8,11H,7,13H2,1-2H3. The van der Waals surface area contributed by atoms with Crippen molar-refractivity contribution in [3.05, 3.63) is 30.1 Å². The van der Waals surface area contributed by atoms with Gasteiger partial charge in [0, 0.05) is 16.7 Å². The summed E-state index contributed by atoms with van der Waals surface area (Å²) in [6, 6.07) is 5.62. The molecule has 2 unspecified atom stereocenters. The predicted octanol–water partition coefficient (Wildman–Crippen LogP) is 1.92. The highest BCUT2D eigenvalue weighted by Crippen LogP contribution is 2.10. The first-order valence-electron chi connectivity index (χ1n) is 4.90. The monoisotopic (exact) mass is 229 g/mol. The van der Waals surface area contributed by atoms with Crippen molar-refractivity contribution in [2.75, 3.05) is 5.75 Å². The summed E-state index contributed by atoms with van der Waals surface area (Å²) < 4.78 is 24.4. The molecule has 84 valence electrons. The van der Waals surface area contributed by atoms with E-state index in [4.69, 9.17) is 5.73 Å². The van der Waals surface area contributed by atoms with Gasteiger partial charge < -0.3 is 5.73 Å². The van der Waals surface area contributed by atoms with Crippen molar-refractivity contribution in [3.63, 3.8) is 0 Å². The van der Waals surface area contributed by atoms with Crippen molar-refractivity contribution >= 4 is 10.8 Å². The van der Waals surface area contributed by atoms with E-state index in [1.807, 2.05) is 13.8 Å². The highest BCUT2D eigenvalue weighted by Gasteiger charge is 2.13. The summed E-state index contributed by atoms with van der Waals surface area (Å²) in [6.45, 7) is 3.99. The van der Waals surface area contributed by atoms with Gasteiger partial charge in [0.05, 0.1) is 10.8 Å². The first kappa shape index (κ1) is 12.3. The Kier molecular flexibility index (Phi) is 4.42. The second-order valence-electron chi connectivity index (χ2n) is 3.87. The molecule has 0 aliphatic heterocycles. The molecular weight excluding hydrogens is 213 g/mol. The average Bonchev–Trinajstić information content (AvgIpc) is 2.18. The Labute approximate surface area is 92.1 Å². The molecule has 0 saturated heterocycles. The number of nitrogens with two attached hydrogens (primary N) is 1. The lowest BCUT2D eigenvalue weighted by molar-refractivity contribution is 0.530. The van der Waals surface area contributed by atoms with Gasteiger partial charge in [0.2, 0.25) is 0 Å². The SMILES string of the molecule is CC(C)C(N)CS(=O)c1ccc(F)cc1. The minimum absolute atomic E-state index is 0.0871. The molecule has 0 heterocycles. The van der Waals surface area contributed by atoms with Crippen LogP contribution in [0, 0.1) is 11.7 Å². The molecular formula is C11H16FNOS. The second-order valence-corrected chi connectivity index (χ2v) is 5.37. The molecule has 0 radical (unpaired) electrons. The van der Waals surface area contributed by atoms with Gasteiger partial charge in [-0.25, -0.2) is 4.39 Å². The molecule has 1 aromatic carbocycles. The van der Waals surface area contributed by atoms with Crippen LogP contribution in [-0.2, 0) is 10.8 Å². The number of hydrogen-bond acceptors (Lipinski definition) is 2. The number of hydrogen-bond donors (Lipinski definition) is 1. The normalized spacial score (nSPS) is 15.3. The lowest BCUT2D eigenvalue weighted by Gasteiger charge is -2.14. The number of rotatable bonds is 4. The van der Waals surface area contributed by atoms with Gasteiger partial charge in [0.15, 0.2) is 0 Å². The van der Waals surface area contributed by atoms with E-state index in [9.17, 15) is 8.60 Å². The largest absolute Gasteiger partial charge is 0.327 e. The van der Waals surface area contributed by atoms with Crippen LogP contribution in [0.3, 0.4) is 0 Å². The van der Waals surface area contributed by atoms with Crippen LogP contribution < -0.4 is 5.73 Å². The third-order valence-corrected chi connectivity index (χ3v) is 3.76. The summed E-state index contributed by atoms with van der Waals surface area (Å²) in [5.41, 5.74) is 5.82. The molecule has 2 atom stereocenters. The lowest BCUT2D eigenvalue weighted by Crippen LogP contribution is -2.32. The van der Waals surface area contributed by atoms with Gasteiger partial charge in [-0.1, -0.05) is 13.8 Å². The lowest BCUT2D eigenvalue weighted by atomic mass is 10.1. The van der Waals surface area contributed by atoms with E-state index in [0.29, 0.717) is 16.6 Å². The fourth-order valence-electron chi connectivity index (χ4n) is 1.05. The fraction of sp³-hybridized carbons (Fsp3) is 0.455. The van der Waals surface area contributed by atoms with Gasteiger partial charge in [-0.05, 0) is 30.2 Å². The molecule has 0 aromatic heterocycles. The summed E-state index contributed by atoms with van der Waals surface area (Å²) in [7, 11) is -1.13. The Bertz CT molecular complexity index is 337. The summed E-state index contributed by atoms with van der Waals surface area (Å²) in [6.07, 6.45) is 0. The zero-order valence-corrected chi connectivity index (χ0v) is 9.76. The van der Waals surface area contributed by atoms with Gasteiger partial charge in [-0.3, -0.25) is 4.21 Å². The van der Waals surface area contributed by atoms with Crippen LogP contribution in [0.5, 0.6) is 0 Å². The second kappa shape index (κ2) is 5.37. The highest BCUT2D eigenvalue weighted by atomic mass is 32.2. The Morgan fingerprint density at radius 1 is 1.33 bits per heavy atom. The van der Waals surface area contributed by atoms with E-state index < -0.39 is 10.8 Å². The van der Waals surface area contributed by atoms with Gasteiger partial charge in [0.25, 0.3) is 0 Å². The summed E-state index contributed by atoms with van der Waals surface area (Å²) in [5, 5.41) is 0. The summed E-state index contributed by atoms with van der Waals surface area (Å²) >= 11 is 0. The van der Waals surface area contributed by atoms with Crippen LogP contribution in [-0.4, -0.2) is 16.0 Å². The predicted molar refractivity (Wildman–Crippen MR) is 60.5 cm³/mol. The van der Waals surface area contributed by atoms with E-state index in [1.54, 1.807) is 12.1 Å². The Hall–Kier alpha value is -0.740. The minimum Gasteiger partial charge on any atom is -0.327 e. The molecule has 0 spiro atoms. The topological polar surface area (TPSA) is 43.1 Å². The first-order chi connectivity index (χ1) is 7.00. The van der Waals surface area contributed by atoms with E-state index >= 15 is 0 Å². The molecule has 0 aliphatic rings. The van der Waals surface area contributed by atoms with Crippen molar-refractivity contribution in [2.45, 2.75) is 24.8 Å². The van der Waals surface area contributed by atoms with Crippen LogP contribution in [0.1, 0.15) is 13.8 Å². The van der Waals surface area contributed by atoms with Crippen molar-refractivity contribution in [3.8, 4) is 0 Å². The Morgan fingerprint density at radius 3 is 2.33 bits per heavy atom. The van der Waals surface area contributed by atoms with Gasteiger partial charge in [-0.2, -0.15) is 0 Å². The van der Waals surface area contributed by atoms with E-state index in [-0.39, 0.29) is 11.9 Å². The molecule has 1 rings (SSSR count). The summed E-state index contributed by atoms with van der Waals surface area (Å²) in [5.74, 6) is 0.404. The maximum atomic E-state index is 12.6. The van der Waals surface area contributed by atoms with Crippen molar-refractivity contribution in [1.82, 2.24) is 0 Å². The molecule has 2 nitrogen and oxygen atoms in total. The van der Waals surface area contributed by atoms with Crippen LogP contribution in [0.15, 0.2) is 29.2 Å². The molecule has 0 fully saturated rings. The Morgan fingerprint density at radius 2 is 1.87 bits per heavy atom. The minimum atomic E-state index is -1.13. The van der Waals surface area contributed by atoms with Crippen LogP contribution in [0.2, 0.25) is 0 Å². The highest BCUT2D eigenvalue weighted by molar-refractivity contribution is 7.85. The quantitative estimate of drug-likeness (QED) is 0.857. The zero-order chi connectivity index (χ0) is 11.4. The molecule has 15 heavy (non-hydrogen) atoms. The molecule has 0 saturated carbocycles. The van der Waals surface area contributed by atoms with Gasteiger partial charge in [-0.15, -0.1) is 0 Å². The fourth-order valence-corrected chi connectivity index (χ4v) is 2.42. The van der Waals surface area contributed by atoms with Gasteiger partial charge >= 0.3 is 0 Å². The Balaban J connectivity index is 2.65. The molecule has 0 amide bonds. The third-order valence-electron chi connectivity index (χ3n) is 2.28. The van der Waals surface area contributed by atoms with E-state index in [0.717, 1.165) is 0 Å². The van der Waals surface area contributed by atoms with Gasteiger partial charge in [0.1, 0.15) is 5.82 Å². The van der Waals surface area contributed by atoms with Crippen molar-refractivity contribution < 1.29 is 8.60 Å². The summed E-state index contributed by atoms with van der Waals surface area (Å²) in [4.78, 5) is 0.632. The molecule has 0 aliphatic carbocycles. The van der Waals surface area contributed by atoms with Crippen molar-refractivity contribution in [2.24, 2.45) is 11.7 Å². The zero-order valence-electron chi connectivity index (χ0n) is 8.94. The molecule has 1 aromatic rings. The van der Waals surface area contributed by atoms with Crippen LogP contribution in [0.4, 0.5) is 4.39 Å². The number of benzene rings is 1. The molecule has 0 bridgehead atoms. The van der Waals surface area contributed by atoms with E-state index in [2.05, 4.69) is 0 Å². The van der Waals surface area contributed by atoms with E-state index in [1.165, 1.54) is 12.1 Å². The van der Waals surface area contributed by atoms with Crippen LogP contribution >= 0.6 is 0 Å².